The predicted octanol–water partition coefficient (Wildman–Crippen LogP) is 4.04. The zero-order valence-electron chi connectivity index (χ0n) is 12.4. The monoisotopic (exact) mass is 283 g/mol. The topological polar surface area (TPSA) is 50.1 Å². The minimum Gasteiger partial charge on any atom is -0.426 e. The lowest BCUT2D eigenvalue weighted by atomic mass is 9.82. The van der Waals surface area contributed by atoms with Crippen LogP contribution in [0.2, 0.25) is 0 Å². The van der Waals surface area contributed by atoms with Gasteiger partial charge in [0.2, 0.25) is 0 Å². The molecule has 21 heavy (non-hydrogen) atoms. The maximum absolute atomic E-state index is 12.2. The second-order valence-corrected chi connectivity index (χ2v) is 5.52. The molecule has 0 saturated heterocycles. The molecule has 0 radical (unpaired) electrons. The summed E-state index contributed by atoms with van der Waals surface area (Å²) in [5.41, 5.74) is 1.24. The van der Waals surface area contributed by atoms with Crippen LogP contribution < -0.4 is 4.74 Å². The standard InChI is InChI=1S/C18H21NO2/c1-2-14-7-11-17(12-8-14)21-18(20)16-9-5-15(6-10-16)4-3-13-19/h3-4,7-8,11-12,15-16H,2,5-6,9-10H2,1H3/t15-,16-. The summed E-state index contributed by atoms with van der Waals surface area (Å²) in [4.78, 5) is 12.2. The number of benzene rings is 1. The van der Waals surface area contributed by atoms with Crippen LogP contribution in [-0.2, 0) is 11.2 Å². The van der Waals surface area contributed by atoms with Crippen LogP contribution in [0, 0.1) is 23.2 Å². The SMILES string of the molecule is CCc1ccc(OC(=O)[C@H]2CC[C@H](C=CC#N)CC2)cc1. The average molecular weight is 283 g/mol. The van der Waals surface area contributed by atoms with Gasteiger partial charge in [0.25, 0.3) is 0 Å². The first kappa shape index (κ1) is 15.3. The molecule has 0 unspecified atom stereocenters. The number of carbonyl (C=O) groups excluding carboxylic acids is 1. The number of allylic oxidation sites excluding steroid dienone is 2. The minimum absolute atomic E-state index is 0.0115. The fourth-order valence-corrected chi connectivity index (χ4v) is 2.72. The van der Waals surface area contributed by atoms with Gasteiger partial charge in [0, 0.05) is 6.08 Å². The smallest absolute Gasteiger partial charge is 0.314 e. The number of nitrogens with zero attached hydrogens (tertiary/aromatic N) is 1. The van der Waals surface area contributed by atoms with Crippen LogP contribution in [0.5, 0.6) is 5.75 Å². The van der Waals surface area contributed by atoms with E-state index >= 15 is 0 Å². The number of aryl methyl sites for hydroxylation is 1. The summed E-state index contributed by atoms with van der Waals surface area (Å²) in [6.45, 7) is 2.10. The highest BCUT2D eigenvalue weighted by Gasteiger charge is 2.26. The lowest BCUT2D eigenvalue weighted by Gasteiger charge is -2.25. The third-order valence-electron chi connectivity index (χ3n) is 4.10. The molecule has 0 aliphatic heterocycles. The summed E-state index contributed by atoms with van der Waals surface area (Å²) in [5, 5.41) is 8.53. The molecule has 0 amide bonds. The Balaban J connectivity index is 1.84. The van der Waals surface area contributed by atoms with Gasteiger partial charge in [-0.15, -0.1) is 0 Å². The number of nitriles is 1. The second-order valence-electron chi connectivity index (χ2n) is 5.52. The number of esters is 1. The van der Waals surface area contributed by atoms with Crippen molar-refractivity contribution in [1.29, 1.82) is 5.26 Å². The fourth-order valence-electron chi connectivity index (χ4n) is 2.72. The minimum atomic E-state index is -0.123. The first-order chi connectivity index (χ1) is 10.2. The van der Waals surface area contributed by atoms with Crippen molar-refractivity contribution in [1.82, 2.24) is 0 Å². The molecular formula is C18H21NO2. The maximum atomic E-state index is 12.2. The second kappa shape index (κ2) is 7.64. The molecule has 3 nitrogen and oxygen atoms in total. The molecule has 1 saturated carbocycles. The molecule has 0 atom stereocenters. The van der Waals surface area contributed by atoms with E-state index in [0.29, 0.717) is 11.7 Å². The molecule has 3 heteroatoms. The lowest BCUT2D eigenvalue weighted by molar-refractivity contribution is -0.140. The molecule has 110 valence electrons. The number of rotatable bonds is 4. The van der Waals surface area contributed by atoms with Crippen LogP contribution in [-0.4, -0.2) is 5.97 Å². The molecule has 0 bridgehead atoms. The summed E-state index contributed by atoms with van der Waals surface area (Å²) < 4.78 is 5.46. The van der Waals surface area contributed by atoms with Crippen molar-refractivity contribution in [2.45, 2.75) is 39.0 Å². The van der Waals surface area contributed by atoms with Crippen LogP contribution in [0.4, 0.5) is 0 Å². The number of hydrogen-bond donors (Lipinski definition) is 0. The summed E-state index contributed by atoms with van der Waals surface area (Å²) in [7, 11) is 0. The van der Waals surface area contributed by atoms with Crippen molar-refractivity contribution in [3.8, 4) is 11.8 Å². The molecule has 1 aromatic rings. The van der Waals surface area contributed by atoms with Crippen molar-refractivity contribution >= 4 is 5.97 Å². The molecule has 0 N–H and O–H groups in total. The Labute approximate surface area is 126 Å². The van der Waals surface area contributed by atoms with Gasteiger partial charge in [-0.1, -0.05) is 25.1 Å². The fraction of sp³-hybridized carbons (Fsp3) is 0.444. The quantitative estimate of drug-likeness (QED) is 0.476. The van der Waals surface area contributed by atoms with E-state index < -0.39 is 0 Å². The molecule has 0 aromatic heterocycles. The average Bonchev–Trinajstić information content (AvgIpc) is 2.54. The molecule has 0 heterocycles. The molecule has 1 aromatic carbocycles. The first-order valence-corrected chi connectivity index (χ1v) is 7.60. The first-order valence-electron chi connectivity index (χ1n) is 7.60. The van der Waals surface area contributed by atoms with Gasteiger partial charge in [-0.3, -0.25) is 4.79 Å². The van der Waals surface area contributed by atoms with Crippen LogP contribution in [0.3, 0.4) is 0 Å². The van der Waals surface area contributed by atoms with Crippen LogP contribution in [0.1, 0.15) is 38.2 Å². The highest BCUT2D eigenvalue weighted by Crippen LogP contribution is 2.30. The summed E-state index contributed by atoms with van der Waals surface area (Å²) in [6, 6.07) is 9.72. The van der Waals surface area contributed by atoms with Gasteiger partial charge in [0.1, 0.15) is 5.75 Å². The van der Waals surface area contributed by atoms with Crippen LogP contribution >= 0.6 is 0 Å². The number of ether oxygens (including phenoxy) is 1. The van der Waals surface area contributed by atoms with E-state index in [2.05, 4.69) is 6.92 Å². The Morgan fingerprint density at radius 2 is 1.95 bits per heavy atom. The van der Waals surface area contributed by atoms with Gasteiger partial charge >= 0.3 is 5.97 Å². The van der Waals surface area contributed by atoms with Crippen molar-refractivity contribution in [2.24, 2.45) is 11.8 Å². The molecule has 1 aliphatic carbocycles. The van der Waals surface area contributed by atoms with Gasteiger partial charge in [0.15, 0.2) is 0 Å². The summed E-state index contributed by atoms with van der Waals surface area (Å²) >= 11 is 0. The van der Waals surface area contributed by atoms with E-state index in [1.54, 1.807) is 6.08 Å². The van der Waals surface area contributed by atoms with Gasteiger partial charge in [-0.2, -0.15) is 5.26 Å². The van der Waals surface area contributed by atoms with Crippen LogP contribution in [0.15, 0.2) is 36.4 Å². The van der Waals surface area contributed by atoms with E-state index in [9.17, 15) is 4.79 Å². The Morgan fingerprint density at radius 1 is 1.29 bits per heavy atom. The highest BCUT2D eigenvalue weighted by atomic mass is 16.5. The Hall–Kier alpha value is -2.08. The Morgan fingerprint density at radius 3 is 2.52 bits per heavy atom. The van der Waals surface area contributed by atoms with Crippen molar-refractivity contribution in [3.05, 3.63) is 42.0 Å². The predicted molar refractivity (Wildman–Crippen MR) is 81.7 cm³/mol. The van der Waals surface area contributed by atoms with Crippen LogP contribution in [0.25, 0.3) is 0 Å². The highest BCUT2D eigenvalue weighted by molar-refractivity contribution is 5.75. The molecule has 0 spiro atoms. The van der Waals surface area contributed by atoms with E-state index in [0.717, 1.165) is 32.1 Å². The number of hydrogen-bond acceptors (Lipinski definition) is 3. The van der Waals surface area contributed by atoms with Crippen molar-refractivity contribution in [3.63, 3.8) is 0 Å². The third-order valence-corrected chi connectivity index (χ3v) is 4.10. The lowest BCUT2D eigenvalue weighted by Crippen LogP contribution is -2.25. The van der Waals surface area contributed by atoms with Gasteiger partial charge in [-0.05, 0) is 55.7 Å². The van der Waals surface area contributed by atoms with E-state index in [4.69, 9.17) is 10.00 Å². The Bertz CT molecular complexity index is 531. The van der Waals surface area contributed by atoms with Crippen molar-refractivity contribution < 1.29 is 9.53 Å². The normalized spacial score (nSPS) is 21.9. The van der Waals surface area contributed by atoms with Gasteiger partial charge in [0.05, 0.1) is 12.0 Å². The van der Waals surface area contributed by atoms with Crippen molar-refractivity contribution in [2.75, 3.05) is 0 Å². The van der Waals surface area contributed by atoms with E-state index in [-0.39, 0.29) is 11.9 Å². The molecule has 1 aliphatic rings. The largest absolute Gasteiger partial charge is 0.426 e. The zero-order chi connectivity index (χ0) is 15.1. The summed E-state index contributed by atoms with van der Waals surface area (Å²) in [5.74, 6) is 0.922. The molecule has 1 fully saturated rings. The Kier molecular flexibility index (Phi) is 5.57. The zero-order valence-corrected chi connectivity index (χ0v) is 12.4. The van der Waals surface area contributed by atoms with Gasteiger partial charge < -0.3 is 4.74 Å². The van der Waals surface area contributed by atoms with E-state index in [1.165, 1.54) is 5.56 Å². The molecule has 2 rings (SSSR count). The maximum Gasteiger partial charge on any atom is 0.314 e. The summed E-state index contributed by atoms with van der Waals surface area (Å²) in [6.07, 6.45) is 8.05. The third kappa shape index (κ3) is 4.46. The van der Waals surface area contributed by atoms with E-state index in [1.807, 2.05) is 36.4 Å². The number of carbonyl (C=O) groups is 1. The van der Waals surface area contributed by atoms with Gasteiger partial charge in [-0.25, -0.2) is 0 Å². The molecular weight excluding hydrogens is 262 g/mol.